The van der Waals surface area contributed by atoms with E-state index >= 15 is 0 Å². The lowest BCUT2D eigenvalue weighted by molar-refractivity contribution is 0.601. The number of nitrogens with zero attached hydrogens (tertiary/aromatic N) is 1. The Labute approximate surface area is 203 Å². The summed E-state index contributed by atoms with van der Waals surface area (Å²) in [6.45, 7) is 1.31. The van der Waals surface area contributed by atoms with Gasteiger partial charge in [-0.15, -0.1) is 0 Å². The predicted octanol–water partition coefficient (Wildman–Crippen LogP) is 5.73. The van der Waals surface area contributed by atoms with Crippen molar-refractivity contribution in [3.63, 3.8) is 0 Å². The fraction of sp³-hybridized carbons (Fsp3) is 0.107. The Morgan fingerprint density at radius 1 is 0.800 bits per heavy atom. The zero-order chi connectivity index (χ0) is 24.4. The van der Waals surface area contributed by atoms with Crippen LogP contribution in [0.25, 0.3) is 33.5 Å². The van der Waals surface area contributed by atoms with Crippen LogP contribution < -0.4 is 5.32 Å². The molecule has 0 bridgehead atoms. The van der Waals surface area contributed by atoms with Gasteiger partial charge in [0.15, 0.2) is 9.84 Å². The van der Waals surface area contributed by atoms with Crippen molar-refractivity contribution in [2.45, 2.75) is 18.0 Å². The third-order valence-electron chi connectivity index (χ3n) is 5.85. The standard InChI is InChI=1S/C28H24FN3O2S/c1-35(33,34)25-11-8-19(9-12-25)17-30-18-20-4-2-5-21(14-20)22-6-3-7-23(15-22)28-31-26-13-10-24(29)16-27(26)32-28/h2-16,30H,17-18H2,1H3,(H,31,32). The number of sulfone groups is 1. The summed E-state index contributed by atoms with van der Waals surface area (Å²) in [7, 11) is -3.19. The normalized spacial score (nSPS) is 11.7. The molecule has 5 aromatic rings. The van der Waals surface area contributed by atoms with Gasteiger partial charge >= 0.3 is 0 Å². The van der Waals surface area contributed by atoms with E-state index in [0.29, 0.717) is 29.3 Å². The van der Waals surface area contributed by atoms with Crippen molar-refractivity contribution in [3.8, 4) is 22.5 Å². The van der Waals surface area contributed by atoms with Gasteiger partial charge in [-0.1, -0.05) is 48.5 Å². The van der Waals surface area contributed by atoms with Crippen LogP contribution in [0.2, 0.25) is 0 Å². The van der Waals surface area contributed by atoms with Crippen molar-refractivity contribution in [2.24, 2.45) is 0 Å². The summed E-state index contributed by atoms with van der Waals surface area (Å²) in [6.07, 6.45) is 1.21. The average molecular weight is 486 g/mol. The molecule has 35 heavy (non-hydrogen) atoms. The molecule has 0 spiro atoms. The minimum Gasteiger partial charge on any atom is -0.338 e. The van der Waals surface area contributed by atoms with Gasteiger partial charge in [-0.25, -0.2) is 17.8 Å². The Morgan fingerprint density at radius 3 is 2.26 bits per heavy atom. The quantitative estimate of drug-likeness (QED) is 0.309. The molecule has 0 atom stereocenters. The number of fused-ring (bicyclic) bond motifs is 1. The maximum absolute atomic E-state index is 13.5. The fourth-order valence-corrected chi connectivity index (χ4v) is 4.66. The van der Waals surface area contributed by atoms with Crippen molar-refractivity contribution < 1.29 is 12.8 Å². The van der Waals surface area contributed by atoms with Crippen LogP contribution in [-0.4, -0.2) is 24.6 Å². The highest BCUT2D eigenvalue weighted by molar-refractivity contribution is 7.90. The fourth-order valence-electron chi connectivity index (χ4n) is 4.03. The Morgan fingerprint density at radius 2 is 1.49 bits per heavy atom. The van der Waals surface area contributed by atoms with Gasteiger partial charge in [0.05, 0.1) is 15.9 Å². The Hall–Kier alpha value is -3.81. The number of halogens is 1. The molecule has 0 aliphatic carbocycles. The van der Waals surface area contributed by atoms with E-state index in [9.17, 15) is 12.8 Å². The van der Waals surface area contributed by atoms with Crippen LogP contribution in [0.3, 0.4) is 0 Å². The second-order valence-electron chi connectivity index (χ2n) is 8.55. The zero-order valence-electron chi connectivity index (χ0n) is 19.1. The lowest BCUT2D eigenvalue weighted by atomic mass is 10.0. The molecule has 7 heteroatoms. The molecule has 4 aromatic carbocycles. The third-order valence-corrected chi connectivity index (χ3v) is 6.98. The van der Waals surface area contributed by atoms with Gasteiger partial charge in [0.25, 0.3) is 0 Å². The molecule has 5 nitrogen and oxygen atoms in total. The smallest absolute Gasteiger partial charge is 0.175 e. The Bertz CT molecular complexity index is 1610. The van der Waals surface area contributed by atoms with Crippen molar-refractivity contribution in [2.75, 3.05) is 6.26 Å². The van der Waals surface area contributed by atoms with Crippen LogP contribution in [0, 0.1) is 5.82 Å². The summed E-state index contributed by atoms with van der Waals surface area (Å²) < 4.78 is 36.8. The van der Waals surface area contributed by atoms with Crippen molar-refractivity contribution in [1.29, 1.82) is 0 Å². The van der Waals surface area contributed by atoms with E-state index in [4.69, 9.17) is 0 Å². The molecule has 0 saturated carbocycles. The molecular formula is C28H24FN3O2S. The second kappa shape index (κ2) is 9.44. The molecule has 0 aliphatic heterocycles. The van der Waals surface area contributed by atoms with Crippen molar-refractivity contribution in [3.05, 3.63) is 108 Å². The summed E-state index contributed by atoms with van der Waals surface area (Å²) in [4.78, 5) is 8.13. The lowest BCUT2D eigenvalue weighted by Crippen LogP contribution is -2.12. The van der Waals surface area contributed by atoms with E-state index in [1.165, 1.54) is 18.4 Å². The molecule has 0 radical (unpaired) electrons. The van der Waals surface area contributed by atoms with E-state index in [1.54, 1.807) is 18.2 Å². The van der Waals surface area contributed by atoms with Crippen molar-refractivity contribution >= 4 is 20.9 Å². The molecule has 5 rings (SSSR count). The van der Waals surface area contributed by atoms with Gasteiger partial charge in [0, 0.05) is 24.9 Å². The van der Waals surface area contributed by atoms with Crippen molar-refractivity contribution in [1.82, 2.24) is 15.3 Å². The third kappa shape index (κ3) is 5.31. The van der Waals surface area contributed by atoms with Gasteiger partial charge < -0.3 is 10.3 Å². The minimum atomic E-state index is -3.19. The van der Waals surface area contributed by atoms with E-state index in [-0.39, 0.29) is 5.82 Å². The van der Waals surface area contributed by atoms with Crippen LogP contribution in [0.5, 0.6) is 0 Å². The van der Waals surface area contributed by atoms with Crippen LogP contribution in [-0.2, 0) is 22.9 Å². The van der Waals surface area contributed by atoms with Gasteiger partial charge in [0.1, 0.15) is 11.6 Å². The van der Waals surface area contributed by atoms with Gasteiger partial charge in [-0.2, -0.15) is 0 Å². The molecule has 2 N–H and O–H groups in total. The summed E-state index contributed by atoms with van der Waals surface area (Å²) >= 11 is 0. The Balaban J connectivity index is 1.29. The van der Waals surface area contributed by atoms with E-state index in [2.05, 4.69) is 45.6 Å². The number of hydrogen-bond donors (Lipinski definition) is 2. The van der Waals surface area contributed by atoms with Crippen LogP contribution in [0.15, 0.2) is 95.9 Å². The maximum Gasteiger partial charge on any atom is 0.175 e. The number of benzene rings is 4. The molecule has 176 valence electrons. The average Bonchev–Trinajstić information content (AvgIpc) is 3.27. The molecular weight excluding hydrogens is 461 g/mol. The topological polar surface area (TPSA) is 74.8 Å². The first kappa shape index (κ1) is 23.0. The zero-order valence-corrected chi connectivity index (χ0v) is 19.9. The number of nitrogens with one attached hydrogen (secondary N) is 2. The number of aromatic nitrogens is 2. The van der Waals surface area contributed by atoms with Gasteiger partial charge in [-0.05, 0) is 64.7 Å². The summed E-state index contributed by atoms with van der Waals surface area (Å²) in [5.74, 6) is 0.407. The first-order valence-electron chi connectivity index (χ1n) is 11.2. The minimum absolute atomic E-state index is 0.294. The monoisotopic (exact) mass is 485 g/mol. The highest BCUT2D eigenvalue weighted by Crippen LogP contribution is 2.27. The number of hydrogen-bond acceptors (Lipinski definition) is 4. The summed E-state index contributed by atoms with van der Waals surface area (Å²) in [5.41, 5.74) is 6.64. The van der Waals surface area contributed by atoms with E-state index in [1.807, 2.05) is 30.3 Å². The molecule has 0 saturated heterocycles. The maximum atomic E-state index is 13.5. The van der Waals surface area contributed by atoms with Crippen LogP contribution in [0.4, 0.5) is 4.39 Å². The largest absolute Gasteiger partial charge is 0.338 e. The first-order valence-corrected chi connectivity index (χ1v) is 13.1. The van der Waals surface area contributed by atoms with Crippen LogP contribution in [0.1, 0.15) is 11.1 Å². The molecule has 0 unspecified atom stereocenters. The lowest BCUT2D eigenvalue weighted by Gasteiger charge is -2.09. The molecule has 1 heterocycles. The predicted molar refractivity (Wildman–Crippen MR) is 137 cm³/mol. The molecule has 0 fully saturated rings. The van der Waals surface area contributed by atoms with Gasteiger partial charge in [-0.3, -0.25) is 0 Å². The second-order valence-corrected chi connectivity index (χ2v) is 10.6. The van der Waals surface area contributed by atoms with Gasteiger partial charge in [0.2, 0.25) is 0 Å². The van der Waals surface area contributed by atoms with E-state index < -0.39 is 9.84 Å². The summed E-state index contributed by atoms with van der Waals surface area (Å²) in [5, 5.41) is 3.42. The SMILES string of the molecule is CS(=O)(=O)c1ccc(CNCc2cccc(-c3cccc(-c4nc5ccc(F)cc5[nH]4)c3)c2)cc1. The number of H-pyrrole nitrogens is 1. The highest BCUT2D eigenvalue weighted by atomic mass is 32.2. The number of imidazole rings is 1. The highest BCUT2D eigenvalue weighted by Gasteiger charge is 2.09. The van der Waals surface area contributed by atoms with E-state index in [0.717, 1.165) is 33.3 Å². The first-order chi connectivity index (χ1) is 16.8. The molecule has 0 amide bonds. The number of aromatic amines is 1. The van der Waals surface area contributed by atoms with Crippen LogP contribution >= 0.6 is 0 Å². The molecule has 1 aromatic heterocycles. The number of rotatable bonds is 7. The molecule has 0 aliphatic rings. The summed E-state index contributed by atoms with van der Waals surface area (Å²) in [6, 6.07) is 27.9. The Kier molecular flexibility index (Phi) is 6.19.